The number of urea groups is 1. The minimum Gasteiger partial charge on any atom is -0.352 e. The third-order valence-electron chi connectivity index (χ3n) is 1.92. The third-order valence-corrected chi connectivity index (χ3v) is 2.62. The van der Waals surface area contributed by atoms with Crippen LogP contribution in [0.3, 0.4) is 0 Å². The van der Waals surface area contributed by atoms with Gasteiger partial charge in [-0.1, -0.05) is 0 Å². The Balaban J connectivity index is 2.16. The van der Waals surface area contributed by atoms with Gasteiger partial charge in [0.15, 0.2) is 0 Å². The quantitative estimate of drug-likeness (QED) is 0.640. The van der Waals surface area contributed by atoms with Gasteiger partial charge in [-0.3, -0.25) is 0 Å². The van der Waals surface area contributed by atoms with E-state index in [1.807, 2.05) is 0 Å². The van der Waals surface area contributed by atoms with Gasteiger partial charge in [-0.15, -0.1) is 0 Å². The second kappa shape index (κ2) is 5.62. The van der Waals surface area contributed by atoms with Crippen LogP contribution in [0.4, 0.5) is 4.79 Å². The minimum atomic E-state index is -0.477. The van der Waals surface area contributed by atoms with E-state index >= 15 is 0 Å². The summed E-state index contributed by atoms with van der Waals surface area (Å²) < 4.78 is 0. The van der Waals surface area contributed by atoms with Crippen LogP contribution in [0, 0.1) is 0 Å². The van der Waals surface area contributed by atoms with E-state index in [9.17, 15) is 4.79 Å². The maximum Gasteiger partial charge on any atom is 0.312 e. The largest absolute Gasteiger partial charge is 0.352 e. The summed E-state index contributed by atoms with van der Waals surface area (Å²) >= 11 is 1.68. The van der Waals surface area contributed by atoms with Crippen molar-refractivity contribution >= 4 is 17.4 Å². The number of hydrogen-bond donors (Lipinski definition) is 3. The molecule has 0 saturated heterocycles. The number of rotatable bonds is 5. The molecule has 0 aliphatic rings. The lowest BCUT2D eigenvalue weighted by Gasteiger charge is -2.12. The molecule has 0 saturated carbocycles. The summed E-state index contributed by atoms with van der Waals surface area (Å²) in [7, 11) is 0. The number of carbonyl (C=O) groups is 1. The molecule has 0 aromatic carbocycles. The van der Waals surface area contributed by atoms with Crippen molar-refractivity contribution in [2.75, 3.05) is 13.1 Å². The van der Waals surface area contributed by atoms with E-state index in [2.05, 4.69) is 34.4 Å². The second-order valence-corrected chi connectivity index (χ2v) is 3.80. The van der Waals surface area contributed by atoms with Crippen LogP contribution in [-0.2, 0) is 0 Å². The van der Waals surface area contributed by atoms with Crippen molar-refractivity contribution in [1.29, 1.82) is 0 Å². The van der Waals surface area contributed by atoms with Gasteiger partial charge in [-0.25, -0.2) is 4.79 Å². The molecule has 78 valence electrons. The van der Waals surface area contributed by atoms with E-state index in [1.165, 1.54) is 5.56 Å². The molecule has 0 radical (unpaired) electrons. The Kier molecular flexibility index (Phi) is 4.42. The Morgan fingerprint density at radius 1 is 1.64 bits per heavy atom. The van der Waals surface area contributed by atoms with Crippen LogP contribution in [0.25, 0.3) is 0 Å². The topological polar surface area (TPSA) is 67.2 Å². The van der Waals surface area contributed by atoms with Crippen LogP contribution in [0.2, 0.25) is 0 Å². The highest BCUT2D eigenvalue weighted by Gasteiger charge is 2.03. The summed E-state index contributed by atoms with van der Waals surface area (Å²) in [6.07, 6.45) is 0. The summed E-state index contributed by atoms with van der Waals surface area (Å²) in [4.78, 5) is 10.4. The molecule has 0 aliphatic carbocycles. The summed E-state index contributed by atoms with van der Waals surface area (Å²) in [6, 6.07) is 1.93. The Morgan fingerprint density at radius 2 is 2.43 bits per heavy atom. The van der Waals surface area contributed by atoms with E-state index in [4.69, 9.17) is 5.73 Å². The zero-order valence-corrected chi connectivity index (χ0v) is 8.93. The van der Waals surface area contributed by atoms with Crippen molar-refractivity contribution < 1.29 is 4.79 Å². The minimum absolute atomic E-state index is 0.316. The van der Waals surface area contributed by atoms with Crippen LogP contribution in [-0.4, -0.2) is 19.1 Å². The van der Waals surface area contributed by atoms with Gasteiger partial charge in [0, 0.05) is 19.1 Å². The lowest BCUT2D eigenvalue weighted by molar-refractivity contribution is 0.249. The Hall–Kier alpha value is -1.07. The van der Waals surface area contributed by atoms with Crippen LogP contribution in [0.5, 0.6) is 0 Å². The van der Waals surface area contributed by atoms with Crippen molar-refractivity contribution in [3.8, 4) is 0 Å². The molecule has 14 heavy (non-hydrogen) atoms. The molecule has 0 aliphatic heterocycles. The molecule has 0 bridgehead atoms. The Morgan fingerprint density at radius 3 is 3.00 bits per heavy atom. The summed E-state index contributed by atoms with van der Waals surface area (Å²) in [5.41, 5.74) is 6.20. The van der Waals surface area contributed by atoms with Gasteiger partial charge in [-0.2, -0.15) is 11.3 Å². The fourth-order valence-corrected chi connectivity index (χ4v) is 1.87. The number of nitrogens with one attached hydrogen (secondary N) is 2. The lowest BCUT2D eigenvalue weighted by atomic mass is 10.2. The maximum absolute atomic E-state index is 10.4. The van der Waals surface area contributed by atoms with Gasteiger partial charge < -0.3 is 16.4 Å². The maximum atomic E-state index is 10.4. The van der Waals surface area contributed by atoms with Crippen molar-refractivity contribution in [1.82, 2.24) is 10.6 Å². The van der Waals surface area contributed by atoms with E-state index < -0.39 is 6.03 Å². The van der Waals surface area contributed by atoms with Gasteiger partial charge in [0.25, 0.3) is 0 Å². The predicted molar refractivity (Wildman–Crippen MR) is 58.3 cm³/mol. The van der Waals surface area contributed by atoms with E-state index in [0.29, 0.717) is 12.6 Å². The predicted octanol–water partition coefficient (Wildman–Crippen LogP) is 1.07. The highest BCUT2D eigenvalue weighted by molar-refractivity contribution is 7.07. The zero-order valence-electron chi connectivity index (χ0n) is 8.12. The smallest absolute Gasteiger partial charge is 0.312 e. The molecule has 1 aromatic heterocycles. The molecular formula is C9H15N3OS. The molecule has 0 spiro atoms. The van der Waals surface area contributed by atoms with Crippen molar-refractivity contribution in [3.05, 3.63) is 22.4 Å². The molecular weight excluding hydrogens is 198 g/mol. The molecule has 5 heteroatoms. The molecule has 1 unspecified atom stereocenters. The van der Waals surface area contributed by atoms with Gasteiger partial charge >= 0.3 is 6.03 Å². The summed E-state index contributed by atoms with van der Waals surface area (Å²) in [6.45, 7) is 3.37. The second-order valence-electron chi connectivity index (χ2n) is 3.02. The SMILES string of the molecule is CC(NCCNC(N)=O)c1ccsc1. The Labute approximate surface area is 87.5 Å². The normalized spacial score (nSPS) is 12.4. The highest BCUT2D eigenvalue weighted by atomic mass is 32.1. The van der Waals surface area contributed by atoms with Crippen LogP contribution in [0.15, 0.2) is 16.8 Å². The Bertz CT molecular complexity index is 274. The summed E-state index contributed by atoms with van der Waals surface area (Å²) in [5, 5.41) is 9.96. The standard InChI is InChI=1S/C9H15N3OS/c1-7(8-2-5-14-6-8)11-3-4-12-9(10)13/h2,5-7,11H,3-4H2,1H3,(H3,10,12,13). The number of primary amides is 1. The van der Waals surface area contributed by atoms with Gasteiger partial charge in [-0.05, 0) is 29.3 Å². The molecule has 2 amide bonds. The first-order chi connectivity index (χ1) is 6.70. The van der Waals surface area contributed by atoms with E-state index in [-0.39, 0.29) is 0 Å². The van der Waals surface area contributed by atoms with Gasteiger partial charge in [0.1, 0.15) is 0 Å². The fourth-order valence-electron chi connectivity index (χ4n) is 1.11. The molecule has 1 atom stereocenters. The van der Waals surface area contributed by atoms with Crippen molar-refractivity contribution in [3.63, 3.8) is 0 Å². The van der Waals surface area contributed by atoms with Crippen molar-refractivity contribution in [2.45, 2.75) is 13.0 Å². The third kappa shape index (κ3) is 3.76. The van der Waals surface area contributed by atoms with Crippen molar-refractivity contribution in [2.24, 2.45) is 5.73 Å². The number of carbonyl (C=O) groups excluding carboxylic acids is 1. The fraction of sp³-hybridized carbons (Fsp3) is 0.444. The van der Waals surface area contributed by atoms with Crippen LogP contribution < -0.4 is 16.4 Å². The number of amides is 2. The monoisotopic (exact) mass is 213 g/mol. The first-order valence-electron chi connectivity index (χ1n) is 4.49. The average Bonchev–Trinajstić information content (AvgIpc) is 2.64. The zero-order chi connectivity index (χ0) is 10.4. The summed E-state index contributed by atoms with van der Waals surface area (Å²) in [5.74, 6) is 0. The van der Waals surface area contributed by atoms with E-state index in [1.54, 1.807) is 11.3 Å². The van der Waals surface area contributed by atoms with Gasteiger partial charge in [0.2, 0.25) is 0 Å². The van der Waals surface area contributed by atoms with Gasteiger partial charge in [0.05, 0.1) is 0 Å². The number of thiophene rings is 1. The first kappa shape index (κ1) is 11.0. The average molecular weight is 213 g/mol. The molecule has 0 fully saturated rings. The number of hydrogen-bond acceptors (Lipinski definition) is 3. The molecule has 1 aromatic rings. The highest BCUT2D eigenvalue weighted by Crippen LogP contribution is 2.14. The van der Waals surface area contributed by atoms with Crippen LogP contribution >= 0.6 is 11.3 Å². The lowest BCUT2D eigenvalue weighted by Crippen LogP contribution is -2.35. The first-order valence-corrected chi connectivity index (χ1v) is 5.43. The molecule has 1 rings (SSSR count). The number of nitrogens with two attached hydrogens (primary N) is 1. The molecule has 4 N–H and O–H groups in total. The van der Waals surface area contributed by atoms with Crippen LogP contribution in [0.1, 0.15) is 18.5 Å². The molecule has 1 heterocycles. The molecule has 4 nitrogen and oxygen atoms in total. The van der Waals surface area contributed by atoms with E-state index in [0.717, 1.165) is 6.54 Å².